The highest BCUT2D eigenvalue weighted by molar-refractivity contribution is 6.35. The van der Waals surface area contributed by atoms with E-state index in [0.29, 0.717) is 46.3 Å². The van der Waals surface area contributed by atoms with E-state index >= 15 is 0 Å². The van der Waals surface area contributed by atoms with Crippen molar-refractivity contribution >= 4 is 35.1 Å². The number of anilines is 1. The van der Waals surface area contributed by atoms with Gasteiger partial charge in [0.25, 0.3) is 0 Å². The van der Waals surface area contributed by atoms with Crippen LogP contribution in [-0.2, 0) is 4.79 Å². The van der Waals surface area contributed by atoms with Crippen LogP contribution in [0.3, 0.4) is 0 Å². The number of hydrogen-bond acceptors (Lipinski definition) is 8. The lowest BCUT2D eigenvalue weighted by molar-refractivity contribution is -0.138. The van der Waals surface area contributed by atoms with Gasteiger partial charge in [-0.1, -0.05) is 29.1 Å². The number of rotatable bonds is 8. The first-order chi connectivity index (χ1) is 19.8. The van der Waals surface area contributed by atoms with Crippen molar-refractivity contribution in [1.82, 2.24) is 24.8 Å². The summed E-state index contributed by atoms with van der Waals surface area (Å²) >= 11 is 12.6. The monoisotopic (exact) mass is 594 g/mol. The third kappa shape index (κ3) is 7.46. The summed E-state index contributed by atoms with van der Waals surface area (Å²) in [4.78, 5) is 31.9. The standard InChI is InChI=1S/C30H32Cl2N6O3/c1-3-5-37-7-9-38(10-8-37)30-33-18-25(19-34-30)41-28-16-22(27-11-20(12-29(39)40)4-6-36(27)2)15-26(35-28)21-13-23(31)17-24(32)14-21/h1,13-20,27H,4-12H2,2H3,(H,39,40). The Morgan fingerprint density at radius 1 is 1.07 bits per heavy atom. The minimum Gasteiger partial charge on any atom is -0.481 e. The number of nitrogens with zero attached hydrogens (tertiary/aromatic N) is 6. The second-order valence-electron chi connectivity index (χ2n) is 10.6. The average molecular weight is 596 g/mol. The molecule has 2 fully saturated rings. The molecule has 214 valence electrons. The topological polar surface area (TPSA) is 94.9 Å². The van der Waals surface area contributed by atoms with E-state index in [4.69, 9.17) is 39.3 Å². The van der Waals surface area contributed by atoms with Crippen molar-refractivity contribution in [2.45, 2.75) is 25.3 Å². The zero-order chi connectivity index (χ0) is 28.9. The molecule has 2 aliphatic heterocycles. The Balaban J connectivity index is 1.41. The molecule has 0 bridgehead atoms. The van der Waals surface area contributed by atoms with E-state index < -0.39 is 5.97 Å². The van der Waals surface area contributed by atoms with Crippen molar-refractivity contribution in [1.29, 1.82) is 0 Å². The van der Waals surface area contributed by atoms with Crippen LogP contribution in [0, 0.1) is 18.3 Å². The fraction of sp³-hybridized carbons (Fsp3) is 0.400. The number of terminal acetylenes is 1. The van der Waals surface area contributed by atoms with Crippen LogP contribution in [0.4, 0.5) is 5.95 Å². The molecule has 2 aromatic heterocycles. The first kappa shape index (κ1) is 29.1. The average Bonchev–Trinajstić information content (AvgIpc) is 2.94. The van der Waals surface area contributed by atoms with Crippen LogP contribution < -0.4 is 9.64 Å². The number of ether oxygens (including phenoxy) is 1. The molecule has 2 unspecified atom stereocenters. The molecule has 0 spiro atoms. The highest BCUT2D eigenvalue weighted by Crippen LogP contribution is 2.38. The lowest BCUT2D eigenvalue weighted by Crippen LogP contribution is -2.47. The number of hydrogen-bond donors (Lipinski definition) is 1. The van der Waals surface area contributed by atoms with E-state index in [1.807, 2.05) is 24.3 Å². The summed E-state index contributed by atoms with van der Waals surface area (Å²) in [6.45, 7) is 4.77. The summed E-state index contributed by atoms with van der Waals surface area (Å²) in [5, 5.41) is 10.4. The van der Waals surface area contributed by atoms with E-state index in [1.54, 1.807) is 18.5 Å². The predicted octanol–water partition coefficient (Wildman–Crippen LogP) is 5.25. The summed E-state index contributed by atoms with van der Waals surface area (Å²) in [6.07, 6.45) is 10.4. The molecule has 1 aromatic carbocycles. The number of carbonyl (C=O) groups is 1. The molecule has 0 aliphatic carbocycles. The molecule has 41 heavy (non-hydrogen) atoms. The Labute approximate surface area is 250 Å². The predicted molar refractivity (Wildman–Crippen MR) is 160 cm³/mol. The SMILES string of the molecule is C#CCN1CCN(c2ncc(Oc3cc(C4CC(CC(=O)O)CCN4C)cc(-c4cc(Cl)cc(Cl)c4)n3)cn2)CC1. The minimum absolute atomic E-state index is 0.00128. The molecule has 11 heteroatoms. The summed E-state index contributed by atoms with van der Waals surface area (Å²) < 4.78 is 6.19. The molecule has 4 heterocycles. The first-order valence-electron chi connectivity index (χ1n) is 13.6. The largest absolute Gasteiger partial charge is 0.481 e. The molecule has 1 N–H and O–H groups in total. The second kappa shape index (κ2) is 13.0. The van der Waals surface area contributed by atoms with E-state index in [9.17, 15) is 9.90 Å². The van der Waals surface area contributed by atoms with Gasteiger partial charge in [-0.05, 0) is 62.2 Å². The number of piperidine rings is 1. The van der Waals surface area contributed by atoms with Crippen LogP contribution in [-0.4, -0.2) is 82.1 Å². The smallest absolute Gasteiger partial charge is 0.303 e. The van der Waals surface area contributed by atoms with Crippen LogP contribution in [0.25, 0.3) is 11.3 Å². The van der Waals surface area contributed by atoms with Gasteiger partial charge < -0.3 is 14.7 Å². The van der Waals surface area contributed by atoms with Gasteiger partial charge in [0.2, 0.25) is 11.8 Å². The van der Waals surface area contributed by atoms with E-state index in [0.717, 1.165) is 50.3 Å². The summed E-state index contributed by atoms with van der Waals surface area (Å²) in [5.74, 6) is 3.48. The number of halogens is 2. The van der Waals surface area contributed by atoms with Crippen LogP contribution in [0.1, 0.15) is 30.9 Å². The molecule has 0 radical (unpaired) electrons. The first-order valence-corrected chi connectivity index (χ1v) is 14.3. The Morgan fingerprint density at radius 3 is 2.44 bits per heavy atom. The third-order valence-corrected chi connectivity index (χ3v) is 8.05. The molecular weight excluding hydrogens is 563 g/mol. The van der Waals surface area contributed by atoms with Gasteiger partial charge in [-0.3, -0.25) is 14.6 Å². The lowest BCUT2D eigenvalue weighted by atomic mass is 9.85. The summed E-state index contributed by atoms with van der Waals surface area (Å²) in [7, 11) is 2.05. The normalized spacial score (nSPS) is 20.0. The Hall–Kier alpha value is -3.42. The number of benzene rings is 1. The molecule has 3 aromatic rings. The summed E-state index contributed by atoms with van der Waals surface area (Å²) in [5.41, 5.74) is 2.38. The molecule has 5 rings (SSSR count). The Morgan fingerprint density at radius 2 is 1.78 bits per heavy atom. The highest BCUT2D eigenvalue weighted by Gasteiger charge is 2.29. The van der Waals surface area contributed by atoms with Gasteiger partial charge in [0.15, 0.2) is 5.75 Å². The molecule has 2 aliphatic rings. The fourth-order valence-electron chi connectivity index (χ4n) is 5.48. The molecule has 0 saturated carbocycles. The maximum atomic E-state index is 11.4. The maximum Gasteiger partial charge on any atom is 0.303 e. The number of likely N-dealkylation sites (tertiary alicyclic amines) is 1. The fourth-order valence-corrected chi connectivity index (χ4v) is 6.01. The van der Waals surface area contributed by atoms with Crippen molar-refractivity contribution in [3.05, 3.63) is 58.3 Å². The molecular formula is C30H32Cl2N6O3. The van der Waals surface area contributed by atoms with Gasteiger partial charge in [0.05, 0.1) is 24.6 Å². The van der Waals surface area contributed by atoms with Gasteiger partial charge in [-0.15, -0.1) is 6.42 Å². The van der Waals surface area contributed by atoms with Crippen molar-refractivity contribution in [2.24, 2.45) is 5.92 Å². The van der Waals surface area contributed by atoms with Gasteiger partial charge in [-0.25, -0.2) is 15.0 Å². The van der Waals surface area contributed by atoms with Crippen molar-refractivity contribution in [3.8, 4) is 35.2 Å². The van der Waals surface area contributed by atoms with Crippen molar-refractivity contribution in [3.63, 3.8) is 0 Å². The van der Waals surface area contributed by atoms with Crippen LogP contribution in [0.5, 0.6) is 11.6 Å². The number of aliphatic carboxylic acids is 1. The number of piperazine rings is 1. The molecule has 2 saturated heterocycles. The molecule has 2 atom stereocenters. The third-order valence-electron chi connectivity index (χ3n) is 7.62. The Kier molecular flexibility index (Phi) is 9.25. The maximum absolute atomic E-state index is 11.4. The number of pyridine rings is 1. The highest BCUT2D eigenvalue weighted by atomic mass is 35.5. The van der Waals surface area contributed by atoms with Crippen LogP contribution >= 0.6 is 23.2 Å². The Bertz CT molecular complexity index is 1400. The number of carboxylic acid groups (broad SMARTS) is 1. The van der Waals surface area contributed by atoms with Crippen LogP contribution in [0.2, 0.25) is 10.0 Å². The van der Waals surface area contributed by atoms with Gasteiger partial charge in [0, 0.05) is 60.3 Å². The van der Waals surface area contributed by atoms with Gasteiger partial charge >= 0.3 is 5.97 Å². The number of aromatic nitrogens is 3. The summed E-state index contributed by atoms with van der Waals surface area (Å²) in [6, 6.07) is 9.19. The minimum atomic E-state index is -0.774. The van der Waals surface area contributed by atoms with Crippen LogP contribution in [0.15, 0.2) is 42.7 Å². The van der Waals surface area contributed by atoms with Gasteiger partial charge in [0.1, 0.15) is 0 Å². The van der Waals surface area contributed by atoms with E-state index in [2.05, 4.69) is 37.6 Å². The van der Waals surface area contributed by atoms with Crippen molar-refractivity contribution < 1.29 is 14.6 Å². The quantitative estimate of drug-likeness (QED) is 0.351. The van der Waals surface area contributed by atoms with Gasteiger partial charge in [-0.2, -0.15) is 0 Å². The number of carboxylic acids is 1. The zero-order valence-corrected chi connectivity index (χ0v) is 24.4. The molecule has 9 nitrogen and oxygen atoms in total. The zero-order valence-electron chi connectivity index (χ0n) is 22.8. The van der Waals surface area contributed by atoms with E-state index in [-0.39, 0.29) is 18.4 Å². The van der Waals surface area contributed by atoms with Crippen molar-refractivity contribution in [2.75, 3.05) is 51.2 Å². The lowest BCUT2D eigenvalue weighted by Gasteiger charge is -2.37. The molecule has 0 amide bonds. The van der Waals surface area contributed by atoms with E-state index in [1.165, 1.54) is 0 Å². The second-order valence-corrected chi connectivity index (χ2v) is 11.4.